The van der Waals surface area contributed by atoms with Crippen LogP contribution in [0.2, 0.25) is 0 Å². The largest absolute Gasteiger partial charge is 0.383 e. The number of rotatable bonds is 4. The normalized spacial score (nSPS) is 11.8. The third-order valence-corrected chi connectivity index (χ3v) is 4.03. The van der Waals surface area contributed by atoms with Crippen molar-refractivity contribution >= 4 is 27.2 Å². The minimum atomic E-state index is -3.63. The highest BCUT2D eigenvalue weighted by Crippen LogP contribution is 2.14. The van der Waals surface area contributed by atoms with Gasteiger partial charge in [-0.05, 0) is 0 Å². The molecule has 7 nitrogen and oxygen atoms in total. The molecule has 2 heterocycles. The third kappa shape index (κ3) is 2.21. The standard InChI is InChI=1S/C7H9N5O2S2/c8-7-5(3-10-12-7)16(13,14)11-4-6-9-1-2-15-6/h1-3,11H,4H2,(H3,8,10,12). The summed E-state index contributed by atoms with van der Waals surface area (Å²) in [6.45, 7) is 0.143. The molecule has 0 aliphatic heterocycles. The molecule has 0 bridgehead atoms. The number of aromatic amines is 1. The predicted octanol–water partition coefficient (Wildman–Crippen LogP) is -0.0731. The van der Waals surface area contributed by atoms with Gasteiger partial charge in [-0.3, -0.25) is 5.10 Å². The van der Waals surface area contributed by atoms with Gasteiger partial charge in [0.2, 0.25) is 10.0 Å². The van der Waals surface area contributed by atoms with Crippen molar-refractivity contribution in [2.24, 2.45) is 0 Å². The summed E-state index contributed by atoms with van der Waals surface area (Å²) in [6, 6.07) is 0. The fourth-order valence-corrected chi connectivity index (χ4v) is 2.73. The minimum Gasteiger partial charge on any atom is -0.383 e. The molecule has 4 N–H and O–H groups in total. The van der Waals surface area contributed by atoms with Crippen LogP contribution in [0.25, 0.3) is 0 Å². The number of anilines is 1. The van der Waals surface area contributed by atoms with Crippen molar-refractivity contribution < 1.29 is 8.42 Å². The zero-order valence-electron chi connectivity index (χ0n) is 8.04. The molecule has 0 aliphatic carbocycles. The number of sulfonamides is 1. The number of aromatic nitrogens is 3. The van der Waals surface area contributed by atoms with E-state index in [1.165, 1.54) is 17.5 Å². The molecule has 9 heteroatoms. The average Bonchev–Trinajstić information content (AvgIpc) is 2.85. The van der Waals surface area contributed by atoms with E-state index in [9.17, 15) is 8.42 Å². The molecule has 0 aromatic carbocycles. The van der Waals surface area contributed by atoms with E-state index in [2.05, 4.69) is 19.9 Å². The quantitative estimate of drug-likeness (QED) is 0.711. The first-order chi connectivity index (χ1) is 7.59. The van der Waals surface area contributed by atoms with Gasteiger partial charge in [-0.2, -0.15) is 5.10 Å². The number of H-pyrrole nitrogens is 1. The Labute approximate surface area is 95.8 Å². The number of nitrogens with two attached hydrogens (primary N) is 1. The topological polar surface area (TPSA) is 114 Å². The van der Waals surface area contributed by atoms with Gasteiger partial charge in [0.15, 0.2) is 0 Å². The van der Waals surface area contributed by atoms with Crippen LogP contribution >= 0.6 is 11.3 Å². The molecule has 0 aliphatic rings. The van der Waals surface area contributed by atoms with Crippen molar-refractivity contribution in [3.8, 4) is 0 Å². The number of nitrogens with one attached hydrogen (secondary N) is 2. The highest BCUT2D eigenvalue weighted by atomic mass is 32.2. The fourth-order valence-electron chi connectivity index (χ4n) is 1.07. The first-order valence-electron chi connectivity index (χ1n) is 4.26. The Morgan fingerprint density at radius 2 is 2.38 bits per heavy atom. The monoisotopic (exact) mass is 259 g/mol. The Bertz CT molecular complexity index is 559. The van der Waals surface area contributed by atoms with Crippen LogP contribution in [0.3, 0.4) is 0 Å². The van der Waals surface area contributed by atoms with Crippen molar-refractivity contribution in [2.45, 2.75) is 11.4 Å². The van der Waals surface area contributed by atoms with E-state index >= 15 is 0 Å². The average molecular weight is 259 g/mol. The maximum Gasteiger partial charge on any atom is 0.246 e. The summed E-state index contributed by atoms with van der Waals surface area (Å²) < 4.78 is 25.9. The lowest BCUT2D eigenvalue weighted by Gasteiger charge is -2.02. The van der Waals surface area contributed by atoms with Gasteiger partial charge >= 0.3 is 0 Å². The fraction of sp³-hybridized carbons (Fsp3) is 0.143. The van der Waals surface area contributed by atoms with Crippen LogP contribution in [-0.4, -0.2) is 23.6 Å². The summed E-state index contributed by atoms with van der Waals surface area (Å²) >= 11 is 1.37. The summed E-state index contributed by atoms with van der Waals surface area (Å²) in [5, 5.41) is 8.37. The van der Waals surface area contributed by atoms with Crippen molar-refractivity contribution in [2.75, 3.05) is 5.73 Å². The second-order valence-electron chi connectivity index (χ2n) is 2.90. The van der Waals surface area contributed by atoms with Crippen molar-refractivity contribution in [1.29, 1.82) is 0 Å². The van der Waals surface area contributed by atoms with Gasteiger partial charge in [0, 0.05) is 11.6 Å². The summed E-state index contributed by atoms with van der Waals surface area (Å²) in [7, 11) is -3.63. The summed E-state index contributed by atoms with van der Waals surface area (Å²) in [5.74, 6) is 0.0200. The van der Waals surface area contributed by atoms with Crippen LogP contribution in [0.4, 0.5) is 5.82 Å². The first-order valence-corrected chi connectivity index (χ1v) is 6.63. The van der Waals surface area contributed by atoms with Crippen LogP contribution in [0.1, 0.15) is 5.01 Å². The van der Waals surface area contributed by atoms with E-state index in [1.807, 2.05) is 0 Å². The van der Waals surface area contributed by atoms with Gasteiger partial charge < -0.3 is 5.73 Å². The van der Waals surface area contributed by atoms with Crippen LogP contribution < -0.4 is 10.5 Å². The molecule has 0 spiro atoms. The Morgan fingerprint density at radius 3 is 2.94 bits per heavy atom. The van der Waals surface area contributed by atoms with Crippen LogP contribution in [0.15, 0.2) is 22.7 Å². The first kappa shape index (κ1) is 11.0. The SMILES string of the molecule is Nc1[nH]ncc1S(=O)(=O)NCc1nccs1. The van der Waals surface area contributed by atoms with Gasteiger partial charge in [0.1, 0.15) is 15.7 Å². The summed E-state index contributed by atoms with van der Waals surface area (Å²) in [5.41, 5.74) is 5.43. The highest BCUT2D eigenvalue weighted by molar-refractivity contribution is 7.89. The van der Waals surface area contributed by atoms with Crippen molar-refractivity contribution in [1.82, 2.24) is 19.9 Å². The molecule has 0 unspecified atom stereocenters. The van der Waals surface area contributed by atoms with Gasteiger partial charge in [-0.15, -0.1) is 11.3 Å². The van der Waals surface area contributed by atoms with Crippen LogP contribution in [0.5, 0.6) is 0 Å². The molecule has 0 radical (unpaired) electrons. The van der Waals surface area contributed by atoms with Crippen LogP contribution in [-0.2, 0) is 16.6 Å². The maximum absolute atomic E-state index is 11.7. The maximum atomic E-state index is 11.7. The predicted molar refractivity (Wildman–Crippen MR) is 59.1 cm³/mol. The molecule has 0 saturated heterocycles. The summed E-state index contributed by atoms with van der Waals surface area (Å²) in [4.78, 5) is 3.91. The second kappa shape index (κ2) is 4.20. The zero-order chi connectivity index (χ0) is 11.6. The molecule has 16 heavy (non-hydrogen) atoms. The minimum absolute atomic E-state index is 0.0200. The number of nitrogens with zero attached hydrogens (tertiary/aromatic N) is 2. The Kier molecular flexibility index (Phi) is 2.90. The van der Waals surface area contributed by atoms with Gasteiger partial charge in [0.25, 0.3) is 0 Å². The molecule has 0 atom stereocenters. The number of nitrogen functional groups attached to an aromatic ring is 1. The second-order valence-corrected chi connectivity index (χ2v) is 5.61. The van der Waals surface area contributed by atoms with E-state index in [0.717, 1.165) is 0 Å². The lowest BCUT2D eigenvalue weighted by atomic mass is 10.7. The molecule has 0 amide bonds. The van der Waals surface area contributed by atoms with E-state index in [1.54, 1.807) is 11.6 Å². The van der Waals surface area contributed by atoms with E-state index in [-0.39, 0.29) is 17.3 Å². The summed E-state index contributed by atoms with van der Waals surface area (Å²) in [6.07, 6.45) is 2.78. The molecule has 2 aromatic rings. The smallest absolute Gasteiger partial charge is 0.246 e. The van der Waals surface area contributed by atoms with E-state index in [4.69, 9.17) is 5.73 Å². The number of hydrogen-bond donors (Lipinski definition) is 3. The molecule has 0 saturated carbocycles. The van der Waals surface area contributed by atoms with Gasteiger partial charge in [-0.25, -0.2) is 18.1 Å². The van der Waals surface area contributed by atoms with Gasteiger partial charge in [-0.1, -0.05) is 0 Å². The molecule has 2 rings (SSSR count). The van der Waals surface area contributed by atoms with Crippen molar-refractivity contribution in [3.63, 3.8) is 0 Å². The molecule has 2 aromatic heterocycles. The van der Waals surface area contributed by atoms with E-state index in [0.29, 0.717) is 5.01 Å². The Hall–Kier alpha value is -1.45. The molecular formula is C7H9N5O2S2. The molecular weight excluding hydrogens is 250 g/mol. The third-order valence-electron chi connectivity index (χ3n) is 1.82. The lowest BCUT2D eigenvalue weighted by Crippen LogP contribution is -2.23. The highest BCUT2D eigenvalue weighted by Gasteiger charge is 2.19. The van der Waals surface area contributed by atoms with Crippen LogP contribution in [0, 0.1) is 0 Å². The molecule has 0 fully saturated rings. The molecule has 86 valence electrons. The number of hydrogen-bond acceptors (Lipinski definition) is 6. The Morgan fingerprint density at radius 1 is 1.56 bits per heavy atom. The lowest BCUT2D eigenvalue weighted by molar-refractivity contribution is 0.581. The van der Waals surface area contributed by atoms with E-state index < -0.39 is 10.0 Å². The Balaban J connectivity index is 2.13. The van der Waals surface area contributed by atoms with Crippen molar-refractivity contribution in [3.05, 3.63) is 22.8 Å². The van der Waals surface area contributed by atoms with Gasteiger partial charge in [0.05, 0.1) is 12.7 Å². The number of thiazole rings is 1. The zero-order valence-corrected chi connectivity index (χ0v) is 9.68.